The van der Waals surface area contributed by atoms with E-state index >= 15 is 0 Å². The Bertz CT molecular complexity index is 443. The molecular weight excluding hydrogens is 242 g/mol. The van der Waals surface area contributed by atoms with Crippen molar-refractivity contribution in [3.63, 3.8) is 0 Å². The van der Waals surface area contributed by atoms with Crippen molar-refractivity contribution in [2.75, 3.05) is 0 Å². The quantitative estimate of drug-likeness (QED) is 0.844. The molecule has 18 heavy (non-hydrogen) atoms. The van der Waals surface area contributed by atoms with Gasteiger partial charge in [-0.15, -0.1) is 11.8 Å². The molecule has 3 heteroatoms. The Morgan fingerprint density at radius 1 is 1.28 bits per heavy atom. The van der Waals surface area contributed by atoms with Crippen LogP contribution in [0, 0.1) is 20.8 Å². The van der Waals surface area contributed by atoms with Gasteiger partial charge in [0.05, 0.1) is 5.25 Å². The van der Waals surface area contributed by atoms with E-state index in [4.69, 9.17) is 0 Å². The smallest absolute Gasteiger partial charge is 0.233 e. The first-order valence-corrected chi connectivity index (χ1v) is 7.40. The Labute approximate surface area is 114 Å². The van der Waals surface area contributed by atoms with E-state index in [9.17, 15) is 4.79 Å². The summed E-state index contributed by atoms with van der Waals surface area (Å²) in [7, 11) is 0. The summed E-state index contributed by atoms with van der Waals surface area (Å²) in [6.45, 7) is 8.33. The lowest BCUT2D eigenvalue weighted by Crippen LogP contribution is -2.32. The van der Waals surface area contributed by atoms with Crippen LogP contribution in [0.5, 0.6) is 0 Å². The highest BCUT2D eigenvalue weighted by molar-refractivity contribution is 8.00. The summed E-state index contributed by atoms with van der Waals surface area (Å²) < 4.78 is 0. The van der Waals surface area contributed by atoms with Gasteiger partial charge in [0.2, 0.25) is 5.91 Å². The van der Waals surface area contributed by atoms with Crippen LogP contribution in [0.15, 0.2) is 17.0 Å². The van der Waals surface area contributed by atoms with Crippen molar-refractivity contribution in [2.45, 2.75) is 56.7 Å². The van der Waals surface area contributed by atoms with Gasteiger partial charge >= 0.3 is 0 Å². The van der Waals surface area contributed by atoms with Crippen molar-refractivity contribution in [3.05, 3.63) is 28.8 Å². The van der Waals surface area contributed by atoms with Crippen LogP contribution in [0.3, 0.4) is 0 Å². The number of carbonyl (C=O) groups excluding carboxylic acids is 1. The van der Waals surface area contributed by atoms with Crippen molar-refractivity contribution < 1.29 is 4.79 Å². The molecule has 0 heterocycles. The lowest BCUT2D eigenvalue weighted by atomic mass is 10.1. The van der Waals surface area contributed by atoms with Crippen LogP contribution >= 0.6 is 11.8 Å². The SMILES string of the molecule is Cc1cc(C)c(S[C@@H](C)C(=O)NC2CC2)c(C)c1. The molecule has 0 saturated heterocycles. The zero-order valence-electron chi connectivity index (χ0n) is 11.5. The number of nitrogens with one attached hydrogen (secondary N) is 1. The molecule has 0 bridgehead atoms. The van der Waals surface area contributed by atoms with Gasteiger partial charge in [-0.2, -0.15) is 0 Å². The fourth-order valence-corrected chi connectivity index (χ4v) is 3.15. The second-order valence-corrected chi connectivity index (χ2v) is 6.62. The largest absolute Gasteiger partial charge is 0.352 e. The number of rotatable bonds is 4. The minimum absolute atomic E-state index is 0.0225. The van der Waals surface area contributed by atoms with Gasteiger partial charge in [-0.05, 0) is 51.7 Å². The molecule has 0 aliphatic heterocycles. The van der Waals surface area contributed by atoms with Crippen molar-refractivity contribution >= 4 is 17.7 Å². The van der Waals surface area contributed by atoms with E-state index in [0.717, 1.165) is 12.8 Å². The number of hydrogen-bond acceptors (Lipinski definition) is 2. The highest BCUT2D eigenvalue weighted by Crippen LogP contribution is 2.31. The second kappa shape index (κ2) is 5.35. The maximum atomic E-state index is 12.0. The molecular formula is C15H21NOS. The van der Waals surface area contributed by atoms with Gasteiger partial charge in [-0.25, -0.2) is 0 Å². The standard InChI is InChI=1S/C15H21NOS/c1-9-7-10(2)14(11(3)8-9)18-12(4)15(17)16-13-5-6-13/h7-8,12-13H,5-6H2,1-4H3,(H,16,17)/t12-/m0/s1. The van der Waals surface area contributed by atoms with Crippen molar-refractivity contribution in [2.24, 2.45) is 0 Å². The lowest BCUT2D eigenvalue weighted by Gasteiger charge is -2.15. The molecule has 1 saturated carbocycles. The Morgan fingerprint density at radius 3 is 2.33 bits per heavy atom. The maximum Gasteiger partial charge on any atom is 0.233 e. The first kappa shape index (κ1) is 13.5. The molecule has 0 aromatic heterocycles. The number of amides is 1. The summed E-state index contributed by atoms with van der Waals surface area (Å²) >= 11 is 1.67. The minimum Gasteiger partial charge on any atom is -0.352 e. The maximum absolute atomic E-state index is 12.0. The van der Waals surface area contributed by atoms with E-state index in [1.54, 1.807) is 11.8 Å². The fourth-order valence-electron chi connectivity index (χ4n) is 2.13. The Morgan fingerprint density at radius 2 is 1.83 bits per heavy atom. The Kier molecular flexibility index (Phi) is 4.00. The Hall–Kier alpha value is -0.960. The molecule has 0 unspecified atom stereocenters. The molecule has 1 atom stereocenters. The predicted molar refractivity (Wildman–Crippen MR) is 77.1 cm³/mol. The molecule has 1 N–H and O–H groups in total. The Balaban J connectivity index is 2.05. The molecule has 1 aromatic rings. The fraction of sp³-hybridized carbons (Fsp3) is 0.533. The zero-order valence-corrected chi connectivity index (χ0v) is 12.4. The van der Waals surface area contributed by atoms with E-state index in [1.807, 2.05) is 6.92 Å². The second-order valence-electron chi connectivity index (χ2n) is 5.27. The van der Waals surface area contributed by atoms with Crippen LogP contribution in [0.1, 0.15) is 36.5 Å². The third-order valence-corrected chi connectivity index (χ3v) is 4.64. The number of carbonyl (C=O) groups is 1. The highest BCUT2D eigenvalue weighted by atomic mass is 32.2. The molecule has 2 rings (SSSR count). The monoisotopic (exact) mass is 263 g/mol. The van der Waals surface area contributed by atoms with E-state index in [-0.39, 0.29) is 11.2 Å². The molecule has 1 fully saturated rings. The van der Waals surface area contributed by atoms with Gasteiger partial charge in [0.15, 0.2) is 0 Å². The molecule has 0 radical (unpaired) electrons. The topological polar surface area (TPSA) is 29.1 Å². The summed E-state index contributed by atoms with van der Waals surface area (Å²) in [4.78, 5) is 13.2. The van der Waals surface area contributed by atoms with E-state index in [0.29, 0.717) is 6.04 Å². The van der Waals surface area contributed by atoms with Crippen molar-refractivity contribution in [3.8, 4) is 0 Å². The third kappa shape index (κ3) is 3.29. The van der Waals surface area contributed by atoms with Crippen LogP contribution in [-0.4, -0.2) is 17.2 Å². The molecule has 1 aliphatic rings. The first-order valence-electron chi connectivity index (χ1n) is 6.52. The van der Waals surface area contributed by atoms with Crippen molar-refractivity contribution in [1.82, 2.24) is 5.32 Å². The average Bonchev–Trinajstić information content (AvgIpc) is 3.06. The summed E-state index contributed by atoms with van der Waals surface area (Å²) in [6, 6.07) is 4.81. The number of benzene rings is 1. The highest BCUT2D eigenvalue weighted by Gasteiger charge is 2.26. The van der Waals surface area contributed by atoms with Gasteiger partial charge in [0.25, 0.3) is 0 Å². The number of aryl methyl sites for hydroxylation is 3. The zero-order chi connectivity index (χ0) is 13.3. The predicted octanol–water partition coefficient (Wildman–Crippen LogP) is 3.37. The first-order chi connectivity index (χ1) is 8.47. The third-order valence-electron chi connectivity index (χ3n) is 3.19. The van der Waals surface area contributed by atoms with Crippen LogP contribution in [0.25, 0.3) is 0 Å². The van der Waals surface area contributed by atoms with Gasteiger partial charge in [0.1, 0.15) is 0 Å². The molecule has 1 amide bonds. The van der Waals surface area contributed by atoms with E-state index < -0.39 is 0 Å². The van der Waals surface area contributed by atoms with Crippen LogP contribution in [-0.2, 0) is 4.79 Å². The number of hydrogen-bond donors (Lipinski definition) is 1. The normalized spacial score (nSPS) is 16.4. The molecule has 2 nitrogen and oxygen atoms in total. The minimum atomic E-state index is -0.0225. The average molecular weight is 263 g/mol. The number of thioether (sulfide) groups is 1. The van der Waals surface area contributed by atoms with Gasteiger partial charge in [0, 0.05) is 10.9 Å². The summed E-state index contributed by atoms with van der Waals surface area (Å²) in [5.41, 5.74) is 3.82. The van der Waals surface area contributed by atoms with Gasteiger partial charge < -0.3 is 5.32 Å². The summed E-state index contributed by atoms with van der Waals surface area (Å²) in [6.07, 6.45) is 2.29. The van der Waals surface area contributed by atoms with E-state index in [2.05, 4.69) is 38.2 Å². The van der Waals surface area contributed by atoms with Gasteiger partial charge in [-0.1, -0.05) is 17.7 Å². The lowest BCUT2D eigenvalue weighted by molar-refractivity contribution is -0.120. The molecule has 1 aliphatic carbocycles. The van der Waals surface area contributed by atoms with Crippen LogP contribution in [0.2, 0.25) is 0 Å². The van der Waals surface area contributed by atoms with Crippen molar-refractivity contribution in [1.29, 1.82) is 0 Å². The van der Waals surface area contributed by atoms with Crippen LogP contribution in [0.4, 0.5) is 0 Å². The van der Waals surface area contributed by atoms with Crippen LogP contribution < -0.4 is 5.32 Å². The summed E-state index contributed by atoms with van der Waals surface area (Å²) in [5.74, 6) is 0.168. The molecule has 0 spiro atoms. The van der Waals surface area contributed by atoms with E-state index in [1.165, 1.54) is 21.6 Å². The van der Waals surface area contributed by atoms with Gasteiger partial charge in [-0.3, -0.25) is 4.79 Å². The summed E-state index contributed by atoms with van der Waals surface area (Å²) in [5, 5.41) is 3.04. The molecule has 98 valence electrons. The molecule has 1 aromatic carbocycles.